The number of thioether (sulfide) groups is 1. The summed E-state index contributed by atoms with van der Waals surface area (Å²) in [5.41, 5.74) is 0. The van der Waals surface area contributed by atoms with E-state index in [-0.39, 0.29) is 0 Å². The van der Waals surface area contributed by atoms with Crippen LogP contribution in [0.25, 0.3) is 0 Å². The van der Waals surface area contributed by atoms with Crippen molar-refractivity contribution in [3.8, 4) is 5.75 Å². The van der Waals surface area contributed by atoms with E-state index in [0.717, 1.165) is 24.0 Å². The van der Waals surface area contributed by atoms with Crippen LogP contribution in [0.2, 0.25) is 0 Å². The molecular weight excluding hydrogens is 254 g/mol. The van der Waals surface area contributed by atoms with Gasteiger partial charge in [-0.15, -0.1) is 11.8 Å². The summed E-state index contributed by atoms with van der Waals surface area (Å²) >= 11 is 1.94. The maximum absolute atomic E-state index is 6.28. The van der Waals surface area contributed by atoms with Crippen molar-refractivity contribution < 1.29 is 4.74 Å². The highest BCUT2D eigenvalue weighted by atomic mass is 32.2. The third-order valence-corrected chi connectivity index (χ3v) is 5.42. The van der Waals surface area contributed by atoms with Crippen LogP contribution in [-0.4, -0.2) is 24.4 Å². The second-order valence-corrected chi connectivity index (χ2v) is 6.60. The topological polar surface area (TPSA) is 21.3 Å². The molecule has 1 aliphatic carbocycles. The van der Waals surface area contributed by atoms with Gasteiger partial charge in [-0.25, -0.2) is 0 Å². The second kappa shape index (κ2) is 6.19. The lowest BCUT2D eigenvalue weighted by atomic mass is 9.93. The summed E-state index contributed by atoms with van der Waals surface area (Å²) in [4.78, 5) is 1.29. The molecule has 2 unspecified atom stereocenters. The molecule has 0 radical (unpaired) electrons. The fourth-order valence-corrected chi connectivity index (χ4v) is 4.42. The lowest BCUT2D eigenvalue weighted by Crippen LogP contribution is -2.49. The van der Waals surface area contributed by atoms with Crippen LogP contribution < -0.4 is 10.1 Å². The van der Waals surface area contributed by atoms with Crippen molar-refractivity contribution in [3.05, 3.63) is 24.3 Å². The molecule has 1 saturated carbocycles. The summed E-state index contributed by atoms with van der Waals surface area (Å²) in [6.07, 6.45) is 5.84. The van der Waals surface area contributed by atoms with Crippen LogP contribution in [0.4, 0.5) is 0 Å². The van der Waals surface area contributed by atoms with Gasteiger partial charge in [-0.05, 0) is 37.4 Å². The predicted octanol–water partition coefficient (Wildman–Crippen LogP) is 3.71. The van der Waals surface area contributed by atoms with E-state index >= 15 is 0 Å². The normalized spacial score (nSPS) is 24.8. The second-order valence-electron chi connectivity index (χ2n) is 5.54. The van der Waals surface area contributed by atoms with Crippen LogP contribution in [0.1, 0.15) is 32.6 Å². The summed E-state index contributed by atoms with van der Waals surface area (Å²) in [6, 6.07) is 8.95. The molecule has 1 aliphatic heterocycles. The lowest BCUT2D eigenvalue weighted by Gasteiger charge is -2.35. The maximum atomic E-state index is 6.28. The van der Waals surface area contributed by atoms with Crippen LogP contribution in [0.5, 0.6) is 5.75 Å². The first kappa shape index (κ1) is 13.3. The number of hydrogen-bond acceptors (Lipinski definition) is 3. The van der Waals surface area contributed by atoms with E-state index in [2.05, 4.69) is 36.5 Å². The highest BCUT2D eigenvalue weighted by Crippen LogP contribution is 2.38. The van der Waals surface area contributed by atoms with Gasteiger partial charge in [0.15, 0.2) is 0 Å². The molecule has 3 heteroatoms. The molecule has 2 nitrogen and oxygen atoms in total. The van der Waals surface area contributed by atoms with Gasteiger partial charge in [0, 0.05) is 16.7 Å². The molecule has 0 aromatic heterocycles. The molecule has 1 aromatic rings. The quantitative estimate of drug-likeness (QED) is 0.906. The number of hydrogen-bond donors (Lipinski definition) is 1. The van der Waals surface area contributed by atoms with E-state index in [4.69, 9.17) is 4.74 Å². The summed E-state index contributed by atoms with van der Waals surface area (Å²) in [5.74, 6) is 2.95. The van der Waals surface area contributed by atoms with Crippen molar-refractivity contribution in [2.75, 3.05) is 12.3 Å². The molecule has 1 N–H and O–H groups in total. The van der Waals surface area contributed by atoms with Gasteiger partial charge in [0.1, 0.15) is 11.9 Å². The van der Waals surface area contributed by atoms with E-state index in [1.807, 2.05) is 11.8 Å². The average molecular weight is 277 g/mol. The minimum Gasteiger partial charge on any atom is -0.487 e. The van der Waals surface area contributed by atoms with E-state index in [0.29, 0.717) is 12.1 Å². The molecule has 104 valence electrons. The van der Waals surface area contributed by atoms with Crippen LogP contribution in [-0.2, 0) is 0 Å². The molecule has 1 fully saturated rings. The Balaban J connectivity index is 1.73. The highest BCUT2D eigenvalue weighted by Gasteiger charge is 2.34. The van der Waals surface area contributed by atoms with Gasteiger partial charge < -0.3 is 10.1 Å². The van der Waals surface area contributed by atoms with Gasteiger partial charge in [-0.3, -0.25) is 0 Å². The first-order chi connectivity index (χ1) is 9.38. The SMILES string of the molecule is CCNC(C1CCCC1)C1CSc2ccccc2O1. The van der Waals surface area contributed by atoms with Crippen LogP contribution in [0.15, 0.2) is 29.2 Å². The van der Waals surface area contributed by atoms with E-state index in [9.17, 15) is 0 Å². The van der Waals surface area contributed by atoms with Crippen LogP contribution >= 0.6 is 11.8 Å². The predicted molar refractivity (Wildman–Crippen MR) is 81.0 cm³/mol. The molecule has 1 heterocycles. The summed E-state index contributed by atoms with van der Waals surface area (Å²) in [5, 5.41) is 3.69. The number of rotatable bonds is 4. The smallest absolute Gasteiger partial charge is 0.133 e. The van der Waals surface area contributed by atoms with Crippen molar-refractivity contribution >= 4 is 11.8 Å². The summed E-state index contributed by atoms with van der Waals surface area (Å²) in [7, 11) is 0. The Morgan fingerprint density at radius 3 is 2.89 bits per heavy atom. The minimum absolute atomic E-state index is 0.322. The zero-order chi connectivity index (χ0) is 13.1. The van der Waals surface area contributed by atoms with Gasteiger partial charge in [-0.2, -0.15) is 0 Å². The molecule has 1 aromatic carbocycles. The molecule has 3 rings (SSSR count). The Kier molecular flexibility index (Phi) is 4.34. The lowest BCUT2D eigenvalue weighted by molar-refractivity contribution is 0.133. The summed E-state index contributed by atoms with van der Waals surface area (Å²) in [6.45, 7) is 3.24. The largest absolute Gasteiger partial charge is 0.487 e. The van der Waals surface area contributed by atoms with Crippen molar-refractivity contribution in [2.45, 2.75) is 49.6 Å². The number of fused-ring (bicyclic) bond motifs is 1. The van der Waals surface area contributed by atoms with E-state index in [1.165, 1.54) is 30.6 Å². The monoisotopic (exact) mass is 277 g/mol. The van der Waals surface area contributed by atoms with Crippen LogP contribution in [0.3, 0.4) is 0 Å². The van der Waals surface area contributed by atoms with Crippen molar-refractivity contribution in [1.29, 1.82) is 0 Å². The third kappa shape index (κ3) is 2.92. The van der Waals surface area contributed by atoms with Crippen molar-refractivity contribution in [1.82, 2.24) is 5.32 Å². The number of ether oxygens (including phenoxy) is 1. The molecule has 0 amide bonds. The molecule has 2 atom stereocenters. The molecule has 0 bridgehead atoms. The Bertz CT molecular complexity index is 417. The Morgan fingerprint density at radius 2 is 2.11 bits per heavy atom. The number of para-hydroxylation sites is 1. The first-order valence-corrected chi connectivity index (χ1v) is 8.49. The first-order valence-electron chi connectivity index (χ1n) is 7.50. The molecule has 2 aliphatic rings. The Labute approximate surface area is 120 Å². The number of likely N-dealkylation sites (N-methyl/N-ethyl adjacent to an activating group) is 1. The zero-order valence-electron chi connectivity index (χ0n) is 11.6. The van der Waals surface area contributed by atoms with Crippen molar-refractivity contribution in [3.63, 3.8) is 0 Å². The van der Waals surface area contributed by atoms with Crippen LogP contribution in [0, 0.1) is 5.92 Å². The van der Waals surface area contributed by atoms with Gasteiger partial charge in [0.05, 0.1) is 0 Å². The van der Waals surface area contributed by atoms with Gasteiger partial charge in [0.2, 0.25) is 0 Å². The molecular formula is C16H23NOS. The zero-order valence-corrected chi connectivity index (χ0v) is 12.4. The standard InChI is InChI=1S/C16H23NOS/c1-2-17-16(12-7-3-4-8-12)14-11-19-15-10-6-5-9-13(15)18-14/h5-6,9-10,12,14,16-17H,2-4,7-8,11H2,1H3. The maximum Gasteiger partial charge on any atom is 0.133 e. The molecule has 0 spiro atoms. The number of nitrogens with one attached hydrogen (secondary N) is 1. The molecule has 0 saturated heterocycles. The van der Waals surface area contributed by atoms with Gasteiger partial charge in [-0.1, -0.05) is 31.9 Å². The average Bonchev–Trinajstić information content (AvgIpc) is 2.98. The molecule has 19 heavy (non-hydrogen) atoms. The Morgan fingerprint density at radius 1 is 1.32 bits per heavy atom. The summed E-state index contributed by atoms with van der Waals surface area (Å²) < 4.78 is 6.28. The number of benzene rings is 1. The van der Waals surface area contributed by atoms with Gasteiger partial charge in [0.25, 0.3) is 0 Å². The Hall–Kier alpha value is -0.670. The minimum atomic E-state index is 0.322. The third-order valence-electron chi connectivity index (χ3n) is 4.28. The van der Waals surface area contributed by atoms with E-state index < -0.39 is 0 Å². The fourth-order valence-electron chi connectivity index (χ4n) is 3.37. The van der Waals surface area contributed by atoms with Crippen molar-refractivity contribution in [2.24, 2.45) is 5.92 Å². The highest BCUT2D eigenvalue weighted by molar-refractivity contribution is 7.99. The van der Waals surface area contributed by atoms with E-state index in [1.54, 1.807) is 0 Å². The van der Waals surface area contributed by atoms with Gasteiger partial charge >= 0.3 is 0 Å². The fraction of sp³-hybridized carbons (Fsp3) is 0.625.